The number of nitrogens with one attached hydrogen (secondary N) is 1. The van der Waals surface area contributed by atoms with E-state index in [1.807, 2.05) is 25.1 Å². The monoisotopic (exact) mass is 235 g/mol. The van der Waals surface area contributed by atoms with Crippen LogP contribution in [-0.4, -0.2) is 42.9 Å². The lowest BCUT2D eigenvalue weighted by atomic mass is 9.86. The molecule has 0 aromatic carbocycles. The van der Waals surface area contributed by atoms with Gasteiger partial charge in [-0.3, -0.25) is 0 Å². The summed E-state index contributed by atoms with van der Waals surface area (Å²) in [6, 6.07) is 4.00. The molecule has 94 valence electrons. The molecule has 0 radical (unpaired) electrons. The average molecular weight is 235 g/mol. The Balaban J connectivity index is 2.17. The van der Waals surface area contributed by atoms with E-state index in [1.165, 1.54) is 0 Å². The fourth-order valence-corrected chi connectivity index (χ4v) is 2.39. The van der Waals surface area contributed by atoms with Gasteiger partial charge in [0.2, 0.25) is 0 Å². The molecule has 4 nitrogen and oxygen atoms in total. The summed E-state index contributed by atoms with van der Waals surface area (Å²) < 4.78 is 0. The van der Waals surface area contributed by atoms with E-state index in [9.17, 15) is 5.11 Å². The summed E-state index contributed by atoms with van der Waals surface area (Å²) in [4.78, 5) is 6.37. The zero-order valence-corrected chi connectivity index (χ0v) is 10.6. The van der Waals surface area contributed by atoms with Crippen LogP contribution < -0.4 is 10.2 Å². The van der Waals surface area contributed by atoms with Gasteiger partial charge in [0, 0.05) is 26.7 Å². The van der Waals surface area contributed by atoms with Gasteiger partial charge in [0.25, 0.3) is 0 Å². The minimum atomic E-state index is -0.570. The minimum absolute atomic E-state index is 0.570. The molecular formula is C13H21N3O. The van der Waals surface area contributed by atoms with Gasteiger partial charge in [-0.15, -0.1) is 0 Å². The highest BCUT2D eigenvalue weighted by molar-refractivity contribution is 5.45. The molecule has 1 aliphatic rings. The maximum atomic E-state index is 10.5. The molecule has 2 N–H and O–H groups in total. The largest absolute Gasteiger partial charge is 0.389 e. The minimum Gasteiger partial charge on any atom is -0.389 e. The van der Waals surface area contributed by atoms with E-state index in [-0.39, 0.29) is 0 Å². The molecule has 2 rings (SSSR count). The van der Waals surface area contributed by atoms with Crippen molar-refractivity contribution in [1.82, 2.24) is 10.3 Å². The highest BCUT2D eigenvalue weighted by Gasteiger charge is 2.30. The van der Waals surface area contributed by atoms with E-state index in [1.54, 1.807) is 6.20 Å². The highest BCUT2D eigenvalue weighted by Crippen LogP contribution is 2.26. The molecule has 1 saturated heterocycles. The number of aromatic nitrogens is 1. The molecule has 4 heteroatoms. The summed E-state index contributed by atoms with van der Waals surface area (Å²) in [5.41, 5.74) is 0.556. The molecule has 0 atom stereocenters. The number of piperidine rings is 1. The van der Waals surface area contributed by atoms with Gasteiger partial charge < -0.3 is 15.3 Å². The van der Waals surface area contributed by atoms with Gasteiger partial charge in [0.1, 0.15) is 5.82 Å². The van der Waals surface area contributed by atoms with Crippen molar-refractivity contribution in [2.75, 3.05) is 32.1 Å². The molecule has 1 aromatic heterocycles. The third-order valence-corrected chi connectivity index (χ3v) is 3.34. The third kappa shape index (κ3) is 2.96. The normalized spacial score (nSPS) is 19.0. The van der Waals surface area contributed by atoms with Crippen molar-refractivity contribution in [3.63, 3.8) is 0 Å². The summed E-state index contributed by atoms with van der Waals surface area (Å²) in [7, 11) is 3.97. The quantitative estimate of drug-likeness (QED) is 0.814. The van der Waals surface area contributed by atoms with Crippen LogP contribution in [0.4, 0.5) is 5.82 Å². The van der Waals surface area contributed by atoms with Gasteiger partial charge in [-0.1, -0.05) is 6.07 Å². The topological polar surface area (TPSA) is 48.4 Å². The fourth-order valence-electron chi connectivity index (χ4n) is 2.39. The molecule has 0 amide bonds. The molecule has 2 heterocycles. The van der Waals surface area contributed by atoms with Crippen LogP contribution in [-0.2, 0) is 6.42 Å². The zero-order chi connectivity index (χ0) is 12.3. The molecule has 0 unspecified atom stereocenters. The molecule has 1 aromatic rings. The standard InChI is InChI=1S/C13H21N3O/c1-16(2)12-11(4-3-7-15-12)10-13(17)5-8-14-9-6-13/h3-4,7,14,17H,5-6,8-10H2,1-2H3. The maximum absolute atomic E-state index is 10.5. The Morgan fingerprint density at radius 1 is 1.41 bits per heavy atom. The summed E-state index contributed by atoms with van der Waals surface area (Å²) in [5, 5.41) is 13.8. The van der Waals surface area contributed by atoms with Crippen molar-refractivity contribution < 1.29 is 5.11 Å². The van der Waals surface area contributed by atoms with E-state index >= 15 is 0 Å². The van der Waals surface area contributed by atoms with Gasteiger partial charge in [-0.25, -0.2) is 4.98 Å². The van der Waals surface area contributed by atoms with Crippen LogP contribution in [0.15, 0.2) is 18.3 Å². The van der Waals surface area contributed by atoms with Crippen molar-refractivity contribution >= 4 is 5.82 Å². The first-order valence-electron chi connectivity index (χ1n) is 6.15. The summed E-state index contributed by atoms with van der Waals surface area (Å²) >= 11 is 0. The third-order valence-electron chi connectivity index (χ3n) is 3.34. The number of hydrogen-bond donors (Lipinski definition) is 2. The molecular weight excluding hydrogens is 214 g/mol. The van der Waals surface area contributed by atoms with Crippen molar-refractivity contribution in [2.24, 2.45) is 0 Å². The number of aliphatic hydroxyl groups is 1. The number of anilines is 1. The van der Waals surface area contributed by atoms with Gasteiger partial charge in [-0.05, 0) is 37.6 Å². The Morgan fingerprint density at radius 2 is 2.12 bits per heavy atom. The summed E-state index contributed by atoms with van der Waals surface area (Å²) in [5.74, 6) is 0.958. The lowest BCUT2D eigenvalue weighted by molar-refractivity contribution is 0.0109. The Labute approximate surface area is 103 Å². The van der Waals surface area contributed by atoms with Gasteiger partial charge in [-0.2, -0.15) is 0 Å². The molecule has 0 bridgehead atoms. The number of nitrogens with zero attached hydrogens (tertiary/aromatic N) is 2. The average Bonchev–Trinajstić information content (AvgIpc) is 2.29. The fraction of sp³-hybridized carbons (Fsp3) is 0.615. The highest BCUT2D eigenvalue weighted by atomic mass is 16.3. The Bertz CT molecular complexity index is 373. The van der Waals surface area contributed by atoms with Gasteiger partial charge >= 0.3 is 0 Å². The van der Waals surface area contributed by atoms with Crippen molar-refractivity contribution in [3.05, 3.63) is 23.9 Å². The summed E-state index contributed by atoms with van der Waals surface area (Å²) in [6.07, 6.45) is 4.12. The first-order chi connectivity index (χ1) is 8.11. The van der Waals surface area contributed by atoms with Gasteiger partial charge in [0.15, 0.2) is 0 Å². The summed E-state index contributed by atoms with van der Waals surface area (Å²) in [6.45, 7) is 1.79. The van der Waals surface area contributed by atoms with Gasteiger partial charge in [0.05, 0.1) is 5.60 Å². The molecule has 0 aliphatic carbocycles. The smallest absolute Gasteiger partial charge is 0.131 e. The molecule has 1 fully saturated rings. The number of rotatable bonds is 3. The number of pyridine rings is 1. The number of hydrogen-bond acceptors (Lipinski definition) is 4. The second-order valence-electron chi connectivity index (χ2n) is 5.03. The lowest BCUT2D eigenvalue weighted by Gasteiger charge is -2.33. The maximum Gasteiger partial charge on any atom is 0.131 e. The Hall–Kier alpha value is -1.13. The SMILES string of the molecule is CN(C)c1ncccc1CC1(O)CCNCC1. The van der Waals surface area contributed by atoms with E-state index in [0.29, 0.717) is 6.42 Å². The zero-order valence-electron chi connectivity index (χ0n) is 10.6. The second kappa shape index (κ2) is 5.02. The molecule has 0 saturated carbocycles. The van der Waals surface area contributed by atoms with Crippen LogP contribution >= 0.6 is 0 Å². The van der Waals surface area contributed by atoms with E-state index in [2.05, 4.69) is 16.4 Å². The van der Waals surface area contributed by atoms with Crippen molar-refractivity contribution in [2.45, 2.75) is 24.9 Å². The molecule has 0 spiro atoms. The van der Waals surface area contributed by atoms with Crippen LogP contribution in [0, 0.1) is 0 Å². The first kappa shape index (κ1) is 12.3. The van der Waals surface area contributed by atoms with E-state index in [0.717, 1.165) is 37.3 Å². The van der Waals surface area contributed by atoms with Crippen LogP contribution in [0.5, 0.6) is 0 Å². The van der Waals surface area contributed by atoms with Crippen LogP contribution in [0.25, 0.3) is 0 Å². The van der Waals surface area contributed by atoms with Crippen LogP contribution in [0.3, 0.4) is 0 Å². The van der Waals surface area contributed by atoms with E-state index < -0.39 is 5.60 Å². The Morgan fingerprint density at radius 3 is 2.76 bits per heavy atom. The lowest BCUT2D eigenvalue weighted by Crippen LogP contribution is -2.43. The van der Waals surface area contributed by atoms with Crippen molar-refractivity contribution in [1.29, 1.82) is 0 Å². The molecule has 17 heavy (non-hydrogen) atoms. The predicted molar refractivity (Wildman–Crippen MR) is 69.3 cm³/mol. The van der Waals surface area contributed by atoms with Crippen molar-refractivity contribution in [3.8, 4) is 0 Å². The molecule has 1 aliphatic heterocycles. The second-order valence-corrected chi connectivity index (χ2v) is 5.03. The predicted octanol–water partition coefficient (Wildman–Crippen LogP) is 0.805. The van der Waals surface area contributed by atoms with E-state index in [4.69, 9.17) is 0 Å². The first-order valence-corrected chi connectivity index (χ1v) is 6.15. The van der Waals surface area contributed by atoms with Crippen LogP contribution in [0.1, 0.15) is 18.4 Å². The Kier molecular flexibility index (Phi) is 3.64. The van der Waals surface area contributed by atoms with Crippen LogP contribution in [0.2, 0.25) is 0 Å².